The Labute approximate surface area is 128 Å². The summed E-state index contributed by atoms with van der Waals surface area (Å²) in [4.78, 5) is 15.1. The summed E-state index contributed by atoms with van der Waals surface area (Å²) in [5, 5.41) is 0.613. The van der Waals surface area contributed by atoms with E-state index in [2.05, 4.69) is 15.0 Å². The lowest BCUT2D eigenvalue weighted by Gasteiger charge is -1.97. The minimum atomic E-state index is 0.603. The van der Waals surface area contributed by atoms with Gasteiger partial charge in [-0.15, -0.1) is 0 Å². The summed E-state index contributed by atoms with van der Waals surface area (Å²) in [5.74, 6) is 0.603. The maximum Gasteiger partial charge on any atom is 0.214 e. The summed E-state index contributed by atoms with van der Waals surface area (Å²) < 4.78 is 7.15. The number of imidazole rings is 1. The van der Waals surface area contributed by atoms with Crippen molar-refractivity contribution in [3.05, 3.63) is 41.7 Å². The van der Waals surface area contributed by atoms with Crippen LogP contribution in [0.1, 0.15) is 0 Å². The van der Waals surface area contributed by atoms with Crippen LogP contribution in [0.5, 0.6) is 5.88 Å². The van der Waals surface area contributed by atoms with Gasteiger partial charge in [-0.05, 0) is 18.2 Å². The van der Waals surface area contributed by atoms with Crippen LogP contribution in [0, 0.1) is 0 Å². The number of aromatic nitrogens is 4. The second-order valence-corrected chi connectivity index (χ2v) is 5.81. The van der Waals surface area contributed by atoms with Crippen molar-refractivity contribution in [1.82, 2.24) is 19.4 Å². The smallest absolute Gasteiger partial charge is 0.214 e. The fraction of sp³-hybridized carbons (Fsp3) is 0.0714. The SMILES string of the molecule is COc1ccc2c(n1)sc1nc(-c3ccc(Cl)cn3)cn12. The zero-order valence-corrected chi connectivity index (χ0v) is 12.5. The molecule has 0 aliphatic heterocycles. The summed E-state index contributed by atoms with van der Waals surface area (Å²) >= 11 is 7.37. The lowest BCUT2D eigenvalue weighted by molar-refractivity contribution is 0.400. The third-order valence-corrected chi connectivity index (χ3v) is 4.32. The molecule has 7 heteroatoms. The summed E-state index contributed by atoms with van der Waals surface area (Å²) in [6.45, 7) is 0. The Balaban J connectivity index is 1.88. The Hall–Kier alpha value is -2.18. The monoisotopic (exact) mass is 316 g/mol. The van der Waals surface area contributed by atoms with Crippen LogP contribution in [-0.2, 0) is 0 Å². The molecule has 0 fully saturated rings. The molecule has 4 rings (SSSR count). The van der Waals surface area contributed by atoms with Gasteiger partial charge in [0.05, 0.1) is 23.3 Å². The molecule has 0 amide bonds. The molecule has 0 saturated heterocycles. The molecule has 0 spiro atoms. The zero-order valence-electron chi connectivity index (χ0n) is 10.9. The second kappa shape index (κ2) is 4.68. The highest BCUT2D eigenvalue weighted by molar-refractivity contribution is 7.23. The maximum absolute atomic E-state index is 5.86. The van der Waals surface area contributed by atoms with Crippen molar-refractivity contribution in [2.75, 3.05) is 7.11 Å². The van der Waals surface area contributed by atoms with Crippen LogP contribution in [0.4, 0.5) is 0 Å². The number of methoxy groups -OCH3 is 1. The minimum Gasteiger partial charge on any atom is -0.481 e. The van der Waals surface area contributed by atoms with Gasteiger partial charge in [0.1, 0.15) is 10.5 Å². The van der Waals surface area contributed by atoms with Crippen LogP contribution in [0.25, 0.3) is 26.7 Å². The van der Waals surface area contributed by atoms with Crippen molar-refractivity contribution >= 4 is 38.2 Å². The van der Waals surface area contributed by atoms with E-state index in [0.29, 0.717) is 10.9 Å². The quantitative estimate of drug-likeness (QED) is 0.566. The fourth-order valence-electron chi connectivity index (χ4n) is 2.13. The molecule has 5 nitrogen and oxygen atoms in total. The number of fused-ring (bicyclic) bond motifs is 3. The molecular weight excluding hydrogens is 308 g/mol. The normalized spacial score (nSPS) is 11.3. The van der Waals surface area contributed by atoms with Crippen molar-refractivity contribution in [2.45, 2.75) is 0 Å². The molecule has 0 bridgehead atoms. The molecule has 104 valence electrons. The summed E-state index contributed by atoms with van der Waals surface area (Å²) in [6.07, 6.45) is 3.58. The van der Waals surface area contributed by atoms with E-state index in [1.165, 1.54) is 11.3 Å². The summed E-state index contributed by atoms with van der Waals surface area (Å²) in [5.41, 5.74) is 2.61. The Morgan fingerprint density at radius 3 is 2.81 bits per heavy atom. The number of hydrogen-bond acceptors (Lipinski definition) is 5. The largest absolute Gasteiger partial charge is 0.481 e. The Morgan fingerprint density at radius 2 is 2.05 bits per heavy atom. The van der Waals surface area contributed by atoms with E-state index in [4.69, 9.17) is 16.3 Å². The third-order valence-electron chi connectivity index (χ3n) is 3.13. The first kappa shape index (κ1) is 12.6. The second-order valence-electron chi connectivity index (χ2n) is 4.42. The molecule has 0 atom stereocenters. The molecule has 21 heavy (non-hydrogen) atoms. The summed E-state index contributed by atoms with van der Waals surface area (Å²) in [7, 11) is 1.61. The van der Waals surface area contributed by atoms with Gasteiger partial charge in [-0.2, -0.15) is 0 Å². The predicted molar refractivity (Wildman–Crippen MR) is 83.2 cm³/mol. The van der Waals surface area contributed by atoms with E-state index in [-0.39, 0.29) is 0 Å². The first-order chi connectivity index (χ1) is 10.2. The van der Waals surface area contributed by atoms with Crippen LogP contribution < -0.4 is 4.74 Å². The average Bonchev–Trinajstić information content (AvgIpc) is 3.04. The molecule has 4 heterocycles. The highest BCUT2D eigenvalue weighted by Gasteiger charge is 2.12. The highest BCUT2D eigenvalue weighted by Crippen LogP contribution is 2.29. The van der Waals surface area contributed by atoms with E-state index in [9.17, 15) is 0 Å². The maximum atomic E-state index is 5.86. The van der Waals surface area contributed by atoms with Crippen molar-refractivity contribution in [2.24, 2.45) is 0 Å². The molecule has 0 aliphatic rings. The lowest BCUT2D eigenvalue weighted by atomic mass is 10.3. The van der Waals surface area contributed by atoms with Gasteiger partial charge in [-0.3, -0.25) is 9.38 Å². The predicted octanol–water partition coefficient (Wildman–Crippen LogP) is 3.67. The van der Waals surface area contributed by atoms with E-state index in [1.54, 1.807) is 13.3 Å². The Morgan fingerprint density at radius 1 is 1.14 bits per heavy atom. The van der Waals surface area contributed by atoms with Gasteiger partial charge in [0.2, 0.25) is 5.88 Å². The van der Waals surface area contributed by atoms with Crippen molar-refractivity contribution < 1.29 is 4.74 Å². The van der Waals surface area contributed by atoms with Gasteiger partial charge < -0.3 is 4.74 Å². The number of pyridine rings is 2. The molecule has 0 unspecified atom stereocenters. The molecule has 0 saturated carbocycles. The van der Waals surface area contributed by atoms with Crippen molar-refractivity contribution in [3.8, 4) is 17.3 Å². The van der Waals surface area contributed by atoms with E-state index < -0.39 is 0 Å². The van der Waals surface area contributed by atoms with Crippen LogP contribution in [-0.4, -0.2) is 26.5 Å². The molecule has 0 N–H and O–H groups in total. The molecule has 4 aromatic heterocycles. The molecule has 0 radical (unpaired) electrons. The van der Waals surface area contributed by atoms with Crippen molar-refractivity contribution in [3.63, 3.8) is 0 Å². The highest BCUT2D eigenvalue weighted by atomic mass is 35.5. The van der Waals surface area contributed by atoms with Gasteiger partial charge in [0, 0.05) is 18.5 Å². The topological polar surface area (TPSA) is 52.3 Å². The lowest BCUT2D eigenvalue weighted by Crippen LogP contribution is -1.87. The van der Waals surface area contributed by atoms with Gasteiger partial charge in [0.15, 0.2) is 4.96 Å². The number of hydrogen-bond donors (Lipinski definition) is 0. The van der Waals surface area contributed by atoms with Crippen LogP contribution in [0.2, 0.25) is 5.02 Å². The number of thiazole rings is 1. The number of ether oxygens (including phenoxy) is 1. The van der Waals surface area contributed by atoms with Gasteiger partial charge in [-0.1, -0.05) is 22.9 Å². The van der Waals surface area contributed by atoms with Crippen LogP contribution in [0.3, 0.4) is 0 Å². The van der Waals surface area contributed by atoms with E-state index in [0.717, 1.165) is 26.7 Å². The Kier molecular flexibility index (Phi) is 2.80. The zero-order chi connectivity index (χ0) is 14.4. The first-order valence-corrected chi connectivity index (χ1v) is 7.38. The van der Waals surface area contributed by atoms with Crippen LogP contribution >= 0.6 is 22.9 Å². The number of nitrogens with zero attached hydrogens (tertiary/aromatic N) is 4. The standard InChI is InChI=1S/C14H9ClN4OS/c1-20-12-5-4-11-13(18-12)21-14-17-10(7-19(11)14)9-3-2-8(15)6-16-9/h2-7H,1H3. The van der Waals surface area contributed by atoms with Gasteiger partial charge in [-0.25, -0.2) is 9.97 Å². The number of halogens is 1. The molecular formula is C14H9ClN4OS. The van der Waals surface area contributed by atoms with Crippen LogP contribution in [0.15, 0.2) is 36.7 Å². The van der Waals surface area contributed by atoms with E-state index in [1.807, 2.05) is 34.9 Å². The third kappa shape index (κ3) is 2.03. The first-order valence-electron chi connectivity index (χ1n) is 6.19. The van der Waals surface area contributed by atoms with Gasteiger partial charge >= 0.3 is 0 Å². The molecule has 0 aliphatic carbocycles. The average molecular weight is 317 g/mol. The minimum absolute atomic E-state index is 0.603. The number of rotatable bonds is 2. The van der Waals surface area contributed by atoms with E-state index >= 15 is 0 Å². The fourth-order valence-corrected chi connectivity index (χ4v) is 3.22. The van der Waals surface area contributed by atoms with Crippen molar-refractivity contribution in [1.29, 1.82) is 0 Å². The van der Waals surface area contributed by atoms with Gasteiger partial charge in [0.25, 0.3) is 0 Å². The molecule has 4 aromatic rings. The summed E-state index contributed by atoms with van der Waals surface area (Å²) in [6, 6.07) is 7.49. The Bertz CT molecular complexity index is 945. The molecule has 0 aromatic carbocycles.